The number of rotatable bonds is 11. The van der Waals surface area contributed by atoms with Crippen LogP contribution < -0.4 is 0 Å². The van der Waals surface area contributed by atoms with E-state index < -0.39 is 5.82 Å². The second-order valence-corrected chi connectivity index (χ2v) is 10.9. The van der Waals surface area contributed by atoms with Crippen molar-refractivity contribution in [3.05, 3.63) is 94.3 Å². The van der Waals surface area contributed by atoms with E-state index in [1.165, 1.54) is 12.1 Å². The van der Waals surface area contributed by atoms with E-state index in [0.717, 1.165) is 68.4 Å². The van der Waals surface area contributed by atoms with Crippen molar-refractivity contribution in [1.29, 1.82) is 0 Å². The van der Waals surface area contributed by atoms with Crippen LogP contribution in [0.3, 0.4) is 0 Å². The van der Waals surface area contributed by atoms with Gasteiger partial charge in [0.05, 0.1) is 28.7 Å². The minimum absolute atomic E-state index is 0.0505. The Kier molecular flexibility index (Phi) is 9.45. The smallest absolute Gasteiger partial charge is 0.187 e. The highest BCUT2D eigenvalue weighted by Gasteiger charge is 2.29. The first-order valence-corrected chi connectivity index (χ1v) is 14.3. The third-order valence-electron chi connectivity index (χ3n) is 7.71. The van der Waals surface area contributed by atoms with Crippen molar-refractivity contribution in [1.82, 2.24) is 14.9 Å². The molecular weight excluding hydrogens is 527 g/mol. The van der Waals surface area contributed by atoms with Crippen molar-refractivity contribution < 1.29 is 14.2 Å². The molecule has 1 aliphatic heterocycles. The summed E-state index contributed by atoms with van der Waals surface area (Å²) in [6, 6.07) is 19.0. The third-order valence-corrected chi connectivity index (χ3v) is 8.00. The Hall–Kier alpha value is -3.28. The highest BCUT2D eigenvalue weighted by molar-refractivity contribution is 6.31. The van der Waals surface area contributed by atoms with E-state index in [4.69, 9.17) is 28.0 Å². The Labute approximate surface area is 239 Å². The number of aromatic nitrogens is 2. The quantitative estimate of drug-likeness (QED) is 0.146. The van der Waals surface area contributed by atoms with E-state index in [1.807, 2.05) is 24.3 Å². The lowest BCUT2D eigenvalue weighted by Crippen LogP contribution is -2.36. The van der Waals surface area contributed by atoms with Crippen molar-refractivity contribution in [3.8, 4) is 11.1 Å². The molecule has 2 heterocycles. The highest BCUT2D eigenvalue weighted by atomic mass is 35.5. The molecule has 0 saturated carbocycles. The number of H-pyrrole nitrogens is 1. The van der Waals surface area contributed by atoms with Crippen LogP contribution in [0.25, 0.3) is 27.0 Å². The summed E-state index contributed by atoms with van der Waals surface area (Å²) < 4.78 is 20.5. The molecule has 0 bridgehead atoms. The number of nitrogens with zero attached hydrogens (tertiary/aromatic N) is 3. The maximum absolute atomic E-state index is 13.9. The van der Waals surface area contributed by atoms with Gasteiger partial charge in [0.1, 0.15) is 18.2 Å². The molecule has 8 heteroatoms. The van der Waals surface area contributed by atoms with Gasteiger partial charge in [-0.15, -0.1) is 0 Å². The predicted octanol–water partition coefficient (Wildman–Crippen LogP) is 7.71. The number of ether oxygens (including phenoxy) is 1. The summed E-state index contributed by atoms with van der Waals surface area (Å²) >= 11 is 5.95. The first-order chi connectivity index (χ1) is 19.5. The van der Waals surface area contributed by atoms with Crippen molar-refractivity contribution in [3.63, 3.8) is 0 Å². The molecule has 208 valence electrons. The molecule has 6 nitrogen and oxygen atoms in total. The molecule has 5 rings (SSSR count). The van der Waals surface area contributed by atoms with Crippen LogP contribution in [0.1, 0.15) is 49.6 Å². The highest BCUT2D eigenvalue weighted by Crippen LogP contribution is 2.36. The molecule has 1 fully saturated rings. The van der Waals surface area contributed by atoms with Crippen LogP contribution >= 0.6 is 11.6 Å². The van der Waals surface area contributed by atoms with Gasteiger partial charge < -0.3 is 19.7 Å². The van der Waals surface area contributed by atoms with E-state index in [1.54, 1.807) is 0 Å². The zero-order chi connectivity index (χ0) is 27.9. The van der Waals surface area contributed by atoms with Gasteiger partial charge >= 0.3 is 0 Å². The lowest BCUT2D eigenvalue weighted by atomic mass is 9.86. The standard InChI is InChI=1S/C32H34ClFN4O2/c1-35-26-7-5-6-25(18-26)22-8-10-23(11-9-22)32(24-12-15-38(16-13-24)14-3-2-4-17-39)40-21-31-36-29-19-27(33)28(34)20-30(29)37-31/h5-11,18-20,24,32,39H,2-4,12-17,21H2,(H,36,37). The van der Waals surface area contributed by atoms with E-state index in [-0.39, 0.29) is 24.3 Å². The van der Waals surface area contributed by atoms with Gasteiger partial charge in [0.25, 0.3) is 0 Å². The summed E-state index contributed by atoms with van der Waals surface area (Å²) in [6.45, 7) is 11.0. The maximum Gasteiger partial charge on any atom is 0.187 e. The molecule has 0 spiro atoms. The van der Waals surface area contributed by atoms with Gasteiger partial charge in [-0.3, -0.25) is 0 Å². The molecule has 3 aromatic carbocycles. The second kappa shape index (κ2) is 13.4. The van der Waals surface area contributed by atoms with Gasteiger partial charge in [-0.25, -0.2) is 14.2 Å². The van der Waals surface area contributed by atoms with Crippen molar-refractivity contribution in [2.24, 2.45) is 5.92 Å². The number of hydrogen-bond acceptors (Lipinski definition) is 4. The fourth-order valence-electron chi connectivity index (χ4n) is 5.52. The van der Waals surface area contributed by atoms with Crippen LogP contribution in [0.2, 0.25) is 5.02 Å². The molecule has 0 amide bonds. The number of benzene rings is 3. The zero-order valence-corrected chi connectivity index (χ0v) is 23.2. The molecule has 0 aliphatic carbocycles. The molecule has 4 aromatic rings. The first kappa shape index (κ1) is 28.3. The van der Waals surface area contributed by atoms with Crippen molar-refractivity contribution in [2.75, 3.05) is 26.2 Å². The largest absolute Gasteiger partial charge is 0.396 e. The number of likely N-dealkylation sites (tertiary alicyclic amines) is 1. The average molecular weight is 561 g/mol. The lowest BCUT2D eigenvalue weighted by molar-refractivity contribution is -0.0237. The van der Waals surface area contributed by atoms with Gasteiger partial charge in [0.2, 0.25) is 0 Å². The normalized spacial score (nSPS) is 15.3. The predicted molar refractivity (Wildman–Crippen MR) is 157 cm³/mol. The third kappa shape index (κ3) is 6.89. The van der Waals surface area contributed by atoms with Crippen LogP contribution in [-0.4, -0.2) is 46.2 Å². The number of nitrogens with one attached hydrogen (secondary N) is 1. The SMILES string of the molecule is [C-]#[N+]c1cccc(-c2ccc(C(OCc3nc4cc(Cl)c(F)cc4[nH]3)C3CCN(CCCCCO)CC3)cc2)c1. The Morgan fingerprint density at radius 3 is 2.62 bits per heavy atom. The second-order valence-electron chi connectivity index (χ2n) is 10.4. The molecule has 1 unspecified atom stereocenters. The molecular formula is C32H34ClFN4O2. The number of imidazole rings is 1. The molecule has 1 saturated heterocycles. The average Bonchev–Trinajstić information content (AvgIpc) is 3.38. The van der Waals surface area contributed by atoms with E-state index in [2.05, 4.69) is 44.0 Å². The Balaban J connectivity index is 1.32. The molecule has 2 N–H and O–H groups in total. The number of aromatic amines is 1. The van der Waals surface area contributed by atoms with E-state index >= 15 is 0 Å². The van der Waals surface area contributed by atoms with Crippen LogP contribution in [0.15, 0.2) is 60.7 Å². The number of piperidine rings is 1. The van der Waals surface area contributed by atoms with Crippen LogP contribution in [0, 0.1) is 18.3 Å². The van der Waals surface area contributed by atoms with E-state index in [0.29, 0.717) is 28.5 Å². The molecule has 40 heavy (non-hydrogen) atoms. The fourth-order valence-corrected chi connectivity index (χ4v) is 5.68. The topological polar surface area (TPSA) is 65.7 Å². The van der Waals surface area contributed by atoms with Crippen molar-refractivity contribution in [2.45, 2.75) is 44.8 Å². The minimum Gasteiger partial charge on any atom is -0.396 e. The van der Waals surface area contributed by atoms with Gasteiger partial charge in [0, 0.05) is 12.7 Å². The molecule has 1 aliphatic rings. The van der Waals surface area contributed by atoms with Gasteiger partial charge in [0.15, 0.2) is 5.69 Å². The lowest BCUT2D eigenvalue weighted by Gasteiger charge is -2.36. The zero-order valence-electron chi connectivity index (χ0n) is 22.5. The molecule has 1 aromatic heterocycles. The minimum atomic E-state index is -0.478. The summed E-state index contributed by atoms with van der Waals surface area (Å²) in [7, 11) is 0. The summed E-state index contributed by atoms with van der Waals surface area (Å²) in [4.78, 5) is 13.8. The van der Waals surface area contributed by atoms with Crippen LogP contribution in [0.5, 0.6) is 0 Å². The maximum atomic E-state index is 13.9. The Morgan fingerprint density at radius 1 is 1.07 bits per heavy atom. The summed E-state index contributed by atoms with van der Waals surface area (Å²) in [5, 5.41) is 9.09. The number of halogens is 2. The number of fused-ring (bicyclic) bond motifs is 1. The summed E-state index contributed by atoms with van der Waals surface area (Å²) in [5.74, 6) is 0.505. The Bertz CT molecular complexity index is 1420. The number of aliphatic hydroxyl groups excluding tert-OH is 1. The number of hydrogen-bond donors (Lipinski definition) is 2. The van der Waals surface area contributed by atoms with Gasteiger partial charge in [-0.1, -0.05) is 54.1 Å². The molecule has 1 atom stereocenters. The first-order valence-electron chi connectivity index (χ1n) is 13.9. The van der Waals surface area contributed by atoms with Gasteiger partial charge in [-0.05, 0) is 86.5 Å². The molecule has 0 radical (unpaired) electrons. The van der Waals surface area contributed by atoms with Crippen LogP contribution in [-0.2, 0) is 11.3 Å². The number of aliphatic hydroxyl groups is 1. The van der Waals surface area contributed by atoms with E-state index in [9.17, 15) is 4.39 Å². The Morgan fingerprint density at radius 2 is 1.88 bits per heavy atom. The van der Waals surface area contributed by atoms with Crippen molar-refractivity contribution >= 4 is 28.3 Å². The summed E-state index contributed by atoms with van der Waals surface area (Å²) in [6.07, 6.45) is 4.97. The van der Waals surface area contributed by atoms with Gasteiger partial charge in [-0.2, -0.15) is 0 Å². The van der Waals surface area contributed by atoms with Crippen LogP contribution in [0.4, 0.5) is 10.1 Å². The fraction of sp³-hybridized carbons (Fsp3) is 0.375. The monoisotopic (exact) mass is 560 g/mol. The number of unbranched alkanes of at least 4 members (excludes halogenated alkanes) is 2. The summed E-state index contributed by atoms with van der Waals surface area (Å²) in [5.41, 5.74) is 5.01.